The first kappa shape index (κ1) is 70.2. The van der Waals surface area contributed by atoms with Gasteiger partial charge in [-0.3, -0.25) is 0 Å². The molecule has 2 heterocycles. The third-order valence-electron chi connectivity index (χ3n) is 7.40. The summed E-state index contributed by atoms with van der Waals surface area (Å²) >= 11 is 3.74. The Labute approximate surface area is 443 Å². The van der Waals surface area contributed by atoms with Crippen molar-refractivity contribution in [3.05, 3.63) is 157 Å². The van der Waals surface area contributed by atoms with E-state index in [9.17, 15) is 0 Å². The van der Waals surface area contributed by atoms with Crippen molar-refractivity contribution in [2.24, 2.45) is 35.5 Å². The van der Waals surface area contributed by atoms with Crippen molar-refractivity contribution in [3.8, 4) is 16.9 Å². The number of benzene rings is 5. The molecular weight excluding hydrogens is 885 g/mol. The number of hydrogen-bond donors (Lipinski definition) is 0. The van der Waals surface area contributed by atoms with Gasteiger partial charge in [0.1, 0.15) is 11.9 Å². The Morgan fingerprint density at radius 1 is 0.386 bits per heavy atom. The largest absolute Gasteiger partial charge is 0.484 e. The molecule has 1 aliphatic heterocycles. The van der Waals surface area contributed by atoms with Crippen LogP contribution in [0.2, 0.25) is 0 Å². The second-order valence-corrected chi connectivity index (χ2v) is 22.7. The summed E-state index contributed by atoms with van der Waals surface area (Å²) in [6.07, 6.45) is 9.77. The van der Waals surface area contributed by atoms with Crippen molar-refractivity contribution >= 4 is 43.3 Å². The zero-order valence-electron chi connectivity index (χ0n) is 49.4. The number of hydrogen-bond acceptors (Lipinski definition) is 3. The van der Waals surface area contributed by atoms with Crippen LogP contribution in [-0.4, -0.2) is 11.4 Å². The monoisotopic (exact) mass is 991 g/mol. The Morgan fingerprint density at radius 2 is 0.700 bits per heavy atom. The molecule has 6 aromatic rings. The van der Waals surface area contributed by atoms with Crippen molar-refractivity contribution in [3.63, 3.8) is 0 Å². The third-order valence-corrected chi connectivity index (χ3v) is 9.84. The van der Waals surface area contributed by atoms with Crippen LogP contribution in [0.5, 0.6) is 5.75 Å². The number of allylic oxidation sites excluding steroid dienone is 2. The average Bonchev–Trinajstić information content (AvgIpc) is 3.88. The highest BCUT2D eigenvalue weighted by Gasteiger charge is 2.27. The molecule has 3 heteroatoms. The summed E-state index contributed by atoms with van der Waals surface area (Å²) in [4.78, 5) is 1.24. The maximum absolute atomic E-state index is 5.88. The molecule has 1 nitrogen and oxygen atoms in total. The van der Waals surface area contributed by atoms with Gasteiger partial charge in [-0.1, -0.05) is 281 Å². The fraction of sp³-hybridized carbons (Fsp3) is 0.493. The van der Waals surface area contributed by atoms with E-state index in [0.29, 0.717) is 5.25 Å². The molecule has 0 N–H and O–H groups in total. The van der Waals surface area contributed by atoms with Crippen LogP contribution < -0.4 is 4.74 Å². The molecule has 0 saturated carbocycles. The highest BCUT2D eigenvalue weighted by atomic mass is 32.2. The van der Waals surface area contributed by atoms with Gasteiger partial charge in [0.15, 0.2) is 0 Å². The van der Waals surface area contributed by atoms with Gasteiger partial charge in [-0.15, -0.1) is 23.1 Å². The molecule has 0 spiro atoms. The van der Waals surface area contributed by atoms with Crippen molar-refractivity contribution in [1.29, 1.82) is 0 Å². The predicted molar refractivity (Wildman–Crippen MR) is 330 cm³/mol. The summed E-state index contributed by atoms with van der Waals surface area (Å²) in [5.74, 6) is 6.01. The fourth-order valence-electron chi connectivity index (χ4n) is 5.47. The normalized spacial score (nSPS) is 13.2. The van der Waals surface area contributed by atoms with E-state index < -0.39 is 0 Å². The van der Waals surface area contributed by atoms with E-state index in [4.69, 9.17) is 4.74 Å². The number of thioether (sulfide) groups is 1. The van der Waals surface area contributed by atoms with Crippen molar-refractivity contribution in [2.45, 2.75) is 189 Å². The Hall–Kier alpha value is -4.05. The molecule has 392 valence electrons. The minimum atomic E-state index is 0.208. The van der Waals surface area contributed by atoms with Gasteiger partial charge in [0.2, 0.25) is 0 Å². The summed E-state index contributed by atoms with van der Waals surface area (Å²) < 4.78 is 8.63. The first-order valence-electron chi connectivity index (χ1n) is 27.0. The Bertz CT molecular complexity index is 1970. The molecule has 0 amide bonds. The number of ether oxygens (including phenoxy) is 1. The van der Waals surface area contributed by atoms with Gasteiger partial charge in [0.25, 0.3) is 0 Å². The second-order valence-electron chi connectivity index (χ2n) is 20.4. The fourth-order valence-corrected chi connectivity index (χ4v) is 7.71. The van der Waals surface area contributed by atoms with Gasteiger partial charge >= 0.3 is 0 Å². The highest BCUT2D eigenvalue weighted by molar-refractivity contribution is 8.00. The van der Waals surface area contributed by atoms with Crippen LogP contribution >= 0.6 is 23.1 Å². The van der Waals surface area contributed by atoms with Crippen LogP contribution in [0.25, 0.3) is 31.3 Å². The minimum absolute atomic E-state index is 0.208. The number of para-hydroxylation sites is 1. The molecule has 2 atom stereocenters. The van der Waals surface area contributed by atoms with E-state index >= 15 is 0 Å². The van der Waals surface area contributed by atoms with Gasteiger partial charge in [-0.25, -0.2) is 0 Å². The standard InChI is InChI=1S/C13H10.C12H10OS.C12H8S.6C4H10.3C2H6/c1-3-7-12-10(5-1)9-11-6-2-4-8-13(11)12;1-3-7-11-9(5-1)13-10-6-2-4-8-12(10)14-11;1-3-7-11-9(5-1)10-6-2-4-8-12(10)13-11;6*1-4(2)3;3*1-2/h1-8H,9H2;1-9,11H;1-8H;6*4H,1-3H3;3*1-2H3. The minimum Gasteiger partial charge on any atom is -0.484 e. The van der Waals surface area contributed by atoms with Gasteiger partial charge in [0, 0.05) is 20.2 Å². The average molecular weight is 992 g/mol. The molecule has 0 radical (unpaired) electrons. The first-order valence-corrected chi connectivity index (χ1v) is 28.7. The Kier molecular flexibility index (Phi) is 43.8. The van der Waals surface area contributed by atoms with E-state index in [0.717, 1.165) is 47.7 Å². The zero-order chi connectivity index (χ0) is 54.2. The summed E-state index contributed by atoms with van der Waals surface area (Å²) in [5.41, 5.74) is 5.75. The predicted octanol–water partition coefficient (Wildman–Crippen LogP) is 23.4. The quantitative estimate of drug-likeness (QED) is 0.150. The molecule has 1 aromatic heterocycles. The lowest BCUT2D eigenvalue weighted by Crippen LogP contribution is -2.30. The maximum Gasteiger partial charge on any atom is 0.133 e. The van der Waals surface area contributed by atoms with Crippen LogP contribution in [0, 0.1) is 35.5 Å². The van der Waals surface area contributed by atoms with Crippen molar-refractivity contribution < 1.29 is 4.74 Å². The summed E-state index contributed by atoms with van der Waals surface area (Å²) in [6.45, 7) is 51.0. The number of thiophene rings is 1. The lowest BCUT2D eigenvalue weighted by atomic mass is 10.1. The molecule has 9 rings (SSSR count). The number of fused-ring (bicyclic) bond motifs is 8. The maximum atomic E-state index is 5.88. The molecule has 0 saturated heterocycles. The molecule has 5 aromatic carbocycles. The smallest absolute Gasteiger partial charge is 0.133 e. The molecule has 0 bridgehead atoms. The number of rotatable bonds is 0. The highest BCUT2D eigenvalue weighted by Crippen LogP contribution is 2.41. The first-order chi connectivity index (χ1) is 33.2. The summed E-state index contributed by atoms with van der Waals surface area (Å²) in [5, 5.41) is 3.20. The van der Waals surface area contributed by atoms with Crippen molar-refractivity contribution in [2.75, 3.05) is 0 Å². The van der Waals surface area contributed by atoms with Crippen LogP contribution in [0.1, 0.15) is 177 Å². The zero-order valence-corrected chi connectivity index (χ0v) is 51.0. The molecular formula is C67H106OS2. The second kappa shape index (κ2) is 43.7. The van der Waals surface area contributed by atoms with E-state index in [2.05, 4.69) is 258 Å². The molecule has 2 aliphatic carbocycles. The van der Waals surface area contributed by atoms with Crippen LogP contribution in [0.4, 0.5) is 0 Å². The van der Waals surface area contributed by atoms with Gasteiger partial charge in [0.05, 0.1) is 10.1 Å². The Balaban J connectivity index is -0.000000756. The van der Waals surface area contributed by atoms with Gasteiger partial charge in [-0.05, 0) is 94.5 Å². The third kappa shape index (κ3) is 34.3. The van der Waals surface area contributed by atoms with Gasteiger partial charge < -0.3 is 4.74 Å². The SMILES string of the molecule is C1=CC2Oc3ccccc3SC2C=C1.CC.CC.CC.CC(C)C.CC(C)C.CC(C)C.CC(C)C.CC(C)C.CC(C)C.c1ccc2c(c1)Cc1ccccc1-2.c1ccc2c(c1)sc1ccccc12. The van der Waals surface area contributed by atoms with E-state index in [-0.39, 0.29) is 6.10 Å². The molecule has 2 unspecified atom stereocenters. The summed E-state index contributed by atoms with van der Waals surface area (Å²) in [7, 11) is 0. The van der Waals surface area contributed by atoms with E-state index in [1.807, 2.05) is 76.8 Å². The van der Waals surface area contributed by atoms with E-state index in [1.165, 1.54) is 47.3 Å². The molecule has 3 aliphatic rings. The molecule has 70 heavy (non-hydrogen) atoms. The Morgan fingerprint density at radius 3 is 1.10 bits per heavy atom. The van der Waals surface area contributed by atoms with E-state index in [1.54, 1.807) is 0 Å². The lowest BCUT2D eigenvalue weighted by molar-refractivity contribution is 0.244. The summed E-state index contributed by atoms with van der Waals surface area (Å²) in [6, 6.07) is 42.7. The topological polar surface area (TPSA) is 9.23 Å². The van der Waals surface area contributed by atoms with Crippen molar-refractivity contribution in [1.82, 2.24) is 0 Å². The van der Waals surface area contributed by atoms with Crippen LogP contribution in [0.15, 0.2) is 151 Å². The van der Waals surface area contributed by atoms with Crippen LogP contribution in [0.3, 0.4) is 0 Å². The van der Waals surface area contributed by atoms with Crippen LogP contribution in [-0.2, 0) is 6.42 Å². The lowest BCUT2D eigenvalue weighted by Gasteiger charge is -2.30. The van der Waals surface area contributed by atoms with Gasteiger partial charge in [-0.2, -0.15) is 0 Å². The molecule has 0 fully saturated rings.